The maximum absolute atomic E-state index is 13.6. The zero-order chi connectivity index (χ0) is 13.3. The third kappa shape index (κ3) is 2.36. The minimum absolute atomic E-state index is 0.125. The lowest BCUT2D eigenvalue weighted by atomic mass is 10.0. The molecule has 0 bridgehead atoms. The molecule has 0 saturated heterocycles. The first-order chi connectivity index (χ1) is 8.39. The Kier molecular flexibility index (Phi) is 3.09. The van der Waals surface area contributed by atoms with Crippen molar-refractivity contribution in [1.82, 2.24) is 0 Å². The molecule has 0 aromatic heterocycles. The van der Waals surface area contributed by atoms with Gasteiger partial charge in [-0.3, -0.25) is 0 Å². The molecule has 0 aliphatic carbocycles. The molecular weight excluding hydrogens is 253 g/mol. The molecule has 94 valence electrons. The molecule has 0 aliphatic heterocycles. The SMILES string of the molecule is CS(=O)(=O)c1ccc(-c2ccccc2F)c(N)c1. The Labute approximate surface area is 105 Å². The van der Waals surface area contributed by atoms with Crippen LogP contribution in [0.3, 0.4) is 0 Å². The van der Waals surface area contributed by atoms with Crippen LogP contribution < -0.4 is 5.73 Å². The summed E-state index contributed by atoms with van der Waals surface area (Å²) < 4.78 is 36.4. The first kappa shape index (κ1) is 12.6. The van der Waals surface area contributed by atoms with E-state index < -0.39 is 15.7 Å². The van der Waals surface area contributed by atoms with E-state index in [1.165, 1.54) is 24.3 Å². The monoisotopic (exact) mass is 265 g/mol. The van der Waals surface area contributed by atoms with Crippen molar-refractivity contribution in [2.24, 2.45) is 0 Å². The molecule has 0 aliphatic rings. The van der Waals surface area contributed by atoms with Gasteiger partial charge in [-0.05, 0) is 18.2 Å². The molecule has 0 atom stereocenters. The van der Waals surface area contributed by atoms with Crippen LogP contribution in [0.2, 0.25) is 0 Å². The summed E-state index contributed by atoms with van der Waals surface area (Å²) in [5.41, 5.74) is 6.87. The van der Waals surface area contributed by atoms with Crippen molar-refractivity contribution in [1.29, 1.82) is 0 Å². The highest BCUT2D eigenvalue weighted by atomic mass is 32.2. The van der Waals surface area contributed by atoms with Crippen LogP contribution in [-0.4, -0.2) is 14.7 Å². The molecule has 2 aromatic carbocycles. The van der Waals surface area contributed by atoms with E-state index in [1.807, 2.05) is 0 Å². The van der Waals surface area contributed by atoms with Crippen LogP contribution in [0.25, 0.3) is 11.1 Å². The number of nitrogens with two attached hydrogens (primary N) is 1. The predicted octanol–water partition coefficient (Wildman–Crippen LogP) is 2.48. The van der Waals surface area contributed by atoms with Gasteiger partial charge in [0.1, 0.15) is 5.82 Å². The largest absolute Gasteiger partial charge is 0.398 e. The maximum atomic E-state index is 13.6. The van der Waals surface area contributed by atoms with Crippen molar-refractivity contribution < 1.29 is 12.8 Å². The van der Waals surface area contributed by atoms with Crippen LogP contribution >= 0.6 is 0 Å². The molecule has 5 heteroatoms. The number of hydrogen-bond donors (Lipinski definition) is 1. The Bertz CT molecular complexity index is 696. The van der Waals surface area contributed by atoms with Crippen molar-refractivity contribution in [2.45, 2.75) is 4.90 Å². The van der Waals surface area contributed by atoms with Crippen LogP contribution in [0.15, 0.2) is 47.4 Å². The molecule has 0 unspecified atom stereocenters. The fraction of sp³-hybridized carbons (Fsp3) is 0.0769. The smallest absolute Gasteiger partial charge is 0.175 e. The molecule has 2 rings (SSSR count). The standard InChI is InChI=1S/C13H12FNO2S/c1-18(16,17)9-6-7-11(13(15)8-9)10-4-2-3-5-12(10)14/h2-8H,15H2,1H3. The third-order valence-electron chi connectivity index (χ3n) is 2.62. The third-order valence-corrected chi connectivity index (χ3v) is 3.73. The predicted molar refractivity (Wildman–Crippen MR) is 69.4 cm³/mol. The molecule has 0 heterocycles. The van der Waals surface area contributed by atoms with Gasteiger partial charge in [0, 0.05) is 23.1 Å². The van der Waals surface area contributed by atoms with E-state index in [9.17, 15) is 12.8 Å². The van der Waals surface area contributed by atoms with Gasteiger partial charge in [0.05, 0.1) is 4.90 Å². The van der Waals surface area contributed by atoms with E-state index in [2.05, 4.69) is 0 Å². The second-order valence-electron chi connectivity index (χ2n) is 4.00. The minimum Gasteiger partial charge on any atom is -0.398 e. The quantitative estimate of drug-likeness (QED) is 0.849. The van der Waals surface area contributed by atoms with Gasteiger partial charge in [0.15, 0.2) is 9.84 Å². The molecule has 18 heavy (non-hydrogen) atoms. The number of rotatable bonds is 2. The summed E-state index contributed by atoms with van der Waals surface area (Å²) in [7, 11) is -3.31. The zero-order valence-corrected chi connectivity index (χ0v) is 10.5. The van der Waals surface area contributed by atoms with Gasteiger partial charge in [-0.2, -0.15) is 0 Å². The Hall–Kier alpha value is -1.88. The Morgan fingerprint density at radius 1 is 1.06 bits per heavy atom. The van der Waals surface area contributed by atoms with Gasteiger partial charge < -0.3 is 5.73 Å². The molecule has 0 fully saturated rings. The molecule has 0 amide bonds. The lowest BCUT2D eigenvalue weighted by Gasteiger charge is -2.08. The summed E-state index contributed by atoms with van der Waals surface area (Å²) >= 11 is 0. The van der Waals surface area contributed by atoms with Gasteiger partial charge in [0.2, 0.25) is 0 Å². The fourth-order valence-electron chi connectivity index (χ4n) is 1.70. The van der Waals surface area contributed by atoms with Crippen molar-refractivity contribution in [3.63, 3.8) is 0 Å². The van der Waals surface area contributed by atoms with Crippen molar-refractivity contribution >= 4 is 15.5 Å². The fourth-order valence-corrected chi connectivity index (χ4v) is 2.35. The van der Waals surface area contributed by atoms with Crippen molar-refractivity contribution in [3.05, 3.63) is 48.3 Å². The number of nitrogen functional groups attached to an aromatic ring is 1. The number of halogens is 1. The lowest BCUT2D eigenvalue weighted by molar-refractivity contribution is 0.602. The van der Waals surface area contributed by atoms with E-state index in [-0.39, 0.29) is 10.6 Å². The summed E-state index contributed by atoms with van der Waals surface area (Å²) in [6, 6.07) is 10.5. The average molecular weight is 265 g/mol. The highest BCUT2D eigenvalue weighted by Crippen LogP contribution is 2.29. The van der Waals surface area contributed by atoms with Crippen LogP contribution in [-0.2, 0) is 9.84 Å². The number of hydrogen-bond acceptors (Lipinski definition) is 3. The molecule has 0 spiro atoms. The first-order valence-electron chi connectivity index (χ1n) is 5.24. The lowest BCUT2D eigenvalue weighted by Crippen LogP contribution is -2.00. The summed E-state index contributed by atoms with van der Waals surface area (Å²) in [5, 5.41) is 0. The zero-order valence-electron chi connectivity index (χ0n) is 9.72. The number of sulfone groups is 1. The van der Waals surface area contributed by atoms with E-state index in [0.717, 1.165) is 6.26 Å². The minimum atomic E-state index is -3.31. The molecule has 2 N–H and O–H groups in total. The summed E-state index contributed by atoms with van der Waals surface area (Å²) in [6.07, 6.45) is 1.10. The highest BCUT2D eigenvalue weighted by Gasteiger charge is 2.12. The molecular formula is C13H12FNO2S. The van der Waals surface area contributed by atoms with Gasteiger partial charge >= 0.3 is 0 Å². The van der Waals surface area contributed by atoms with Crippen LogP contribution in [0, 0.1) is 5.82 Å². The highest BCUT2D eigenvalue weighted by molar-refractivity contribution is 7.90. The van der Waals surface area contributed by atoms with E-state index in [0.29, 0.717) is 11.1 Å². The van der Waals surface area contributed by atoms with Gasteiger partial charge in [0.25, 0.3) is 0 Å². The molecule has 3 nitrogen and oxygen atoms in total. The van der Waals surface area contributed by atoms with Crippen LogP contribution in [0.5, 0.6) is 0 Å². The van der Waals surface area contributed by atoms with Crippen LogP contribution in [0.1, 0.15) is 0 Å². The Morgan fingerprint density at radius 3 is 2.28 bits per heavy atom. The summed E-state index contributed by atoms with van der Waals surface area (Å²) in [6.45, 7) is 0. The number of anilines is 1. The van der Waals surface area contributed by atoms with E-state index in [1.54, 1.807) is 18.2 Å². The van der Waals surface area contributed by atoms with E-state index in [4.69, 9.17) is 5.73 Å². The first-order valence-corrected chi connectivity index (χ1v) is 7.13. The normalized spacial score (nSPS) is 11.4. The summed E-state index contributed by atoms with van der Waals surface area (Å²) in [4.78, 5) is 0.125. The number of benzene rings is 2. The Balaban J connectivity index is 2.59. The Morgan fingerprint density at radius 2 is 1.72 bits per heavy atom. The van der Waals surface area contributed by atoms with Gasteiger partial charge in [-0.15, -0.1) is 0 Å². The van der Waals surface area contributed by atoms with Crippen molar-refractivity contribution in [3.8, 4) is 11.1 Å². The molecule has 0 radical (unpaired) electrons. The van der Waals surface area contributed by atoms with Crippen LogP contribution in [0.4, 0.5) is 10.1 Å². The van der Waals surface area contributed by atoms with E-state index >= 15 is 0 Å². The van der Waals surface area contributed by atoms with Gasteiger partial charge in [-0.1, -0.05) is 24.3 Å². The topological polar surface area (TPSA) is 60.2 Å². The summed E-state index contributed by atoms with van der Waals surface area (Å²) in [5.74, 6) is -0.392. The van der Waals surface area contributed by atoms with Gasteiger partial charge in [-0.25, -0.2) is 12.8 Å². The second kappa shape index (κ2) is 4.42. The van der Waals surface area contributed by atoms with Crippen molar-refractivity contribution in [2.75, 3.05) is 12.0 Å². The second-order valence-corrected chi connectivity index (χ2v) is 6.02. The maximum Gasteiger partial charge on any atom is 0.175 e. The molecule has 2 aromatic rings. The average Bonchev–Trinajstić information content (AvgIpc) is 2.29. The molecule has 0 saturated carbocycles.